The SMILES string of the molecule is O[C@@H]1CC(Cn2cccn2)C[C@H]1Nc1cc(Nc2ccccc2)ncn1. The van der Waals surface area contributed by atoms with Gasteiger partial charge in [-0.3, -0.25) is 4.68 Å². The first kappa shape index (κ1) is 16.5. The van der Waals surface area contributed by atoms with Crippen LogP contribution in [0.5, 0.6) is 0 Å². The molecule has 7 nitrogen and oxygen atoms in total. The van der Waals surface area contributed by atoms with Gasteiger partial charge in [0.15, 0.2) is 0 Å². The maximum atomic E-state index is 10.4. The Labute approximate surface area is 152 Å². The number of nitrogens with one attached hydrogen (secondary N) is 2. The van der Waals surface area contributed by atoms with Gasteiger partial charge in [0.2, 0.25) is 0 Å². The highest BCUT2D eigenvalue weighted by molar-refractivity contribution is 5.58. The van der Waals surface area contributed by atoms with E-state index in [0.717, 1.165) is 25.1 Å². The third kappa shape index (κ3) is 4.00. The number of para-hydroxylation sites is 1. The minimum atomic E-state index is -0.393. The Morgan fingerprint density at radius 1 is 1.08 bits per heavy atom. The summed E-state index contributed by atoms with van der Waals surface area (Å²) in [4.78, 5) is 8.55. The Balaban J connectivity index is 1.38. The molecule has 1 fully saturated rings. The summed E-state index contributed by atoms with van der Waals surface area (Å²) >= 11 is 0. The van der Waals surface area contributed by atoms with E-state index in [-0.39, 0.29) is 6.04 Å². The van der Waals surface area contributed by atoms with Crippen molar-refractivity contribution in [3.63, 3.8) is 0 Å². The zero-order valence-corrected chi connectivity index (χ0v) is 14.4. The average Bonchev–Trinajstić information content (AvgIpc) is 3.27. The standard InChI is InChI=1S/C19H22N6O/c26-17-10-14(12-25-8-4-7-22-25)9-16(17)24-19-11-18(20-13-21-19)23-15-5-2-1-3-6-15/h1-8,11,13-14,16-17,26H,9-10,12H2,(H2,20,21,23,24)/t14?,16-,17-/m1/s1. The van der Waals surface area contributed by atoms with Crippen molar-refractivity contribution >= 4 is 17.3 Å². The number of nitrogens with zero attached hydrogens (tertiary/aromatic N) is 4. The molecule has 1 aromatic carbocycles. The molecule has 1 saturated carbocycles. The highest BCUT2D eigenvalue weighted by atomic mass is 16.3. The molecule has 0 amide bonds. The van der Waals surface area contributed by atoms with Gasteiger partial charge in [-0.2, -0.15) is 5.10 Å². The van der Waals surface area contributed by atoms with Crippen LogP contribution in [0.1, 0.15) is 12.8 Å². The summed E-state index contributed by atoms with van der Waals surface area (Å²) < 4.78 is 1.92. The Bertz CT molecular complexity index is 823. The van der Waals surface area contributed by atoms with Crippen LogP contribution in [-0.2, 0) is 6.54 Å². The van der Waals surface area contributed by atoms with Gasteiger partial charge >= 0.3 is 0 Å². The van der Waals surface area contributed by atoms with Gasteiger partial charge in [-0.25, -0.2) is 9.97 Å². The summed E-state index contributed by atoms with van der Waals surface area (Å²) in [6.45, 7) is 0.826. The van der Waals surface area contributed by atoms with Gasteiger partial charge in [0, 0.05) is 30.7 Å². The van der Waals surface area contributed by atoms with E-state index in [1.54, 1.807) is 6.20 Å². The molecule has 1 unspecified atom stereocenters. The molecule has 2 aromatic heterocycles. The highest BCUT2D eigenvalue weighted by Gasteiger charge is 2.33. The van der Waals surface area contributed by atoms with Crippen molar-refractivity contribution in [3.8, 4) is 0 Å². The number of aliphatic hydroxyl groups excluding tert-OH is 1. The van der Waals surface area contributed by atoms with E-state index in [0.29, 0.717) is 17.6 Å². The summed E-state index contributed by atoms with van der Waals surface area (Å²) in [6, 6.07) is 13.6. The van der Waals surface area contributed by atoms with Gasteiger partial charge in [-0.15, -0.1) is 0 Å². The molecule has 0 aliphatic heterocycles. The minimum Gasteiger partial charge on any atom is -0.391 e. The molecule has 0 spiro atoms. The van der Waals surface area contributed by atoms with Crippen LogP contribution in [-0.4, -0.2) is 37.0 Å². The van der Waals surface area contributed by atoms with Gasteiger partial charge in [0.1, 0.15) is 18.0 Å². The lowest BCUT2D eigenvalue weighted by Crippen LogP contribution is -2.28. The van der Waals surface area contributed by atoms with Gasteiger partial charge < -0.3 is 15.7 Å². The first-order chi connectivity index (χ1) is 12.8. The number of aromatic nitrogens is 4. The van der Waals surface area contributed by atoms with Crippen LogP contribution >= 0.6 is 0 Å². The van der Waals surface area contributed by atoms with Crippen molar-refractivity contribution in [1.82, 2.24) is 19.7 Å². The van der Waals surface area contributed by atoms with Gasteiger partial charge in [0.25, 0.3) is 0 Å². The average molecular weight is 350 g/mol. The second-order valence-electron chi connectivity index (χ2n) is 6.66. The lowest BCUT2D eigenvalue weighted by atomic mass is 10.1. The molecule has 1 aliphatic rings. The van der Waals surface area contributed by atoms with Crippen molar-refractivity contribution < 1.29 is 5.11 Å². The number of anilines is 3. The summed E-state index contributed by atoms with van der Waals surface area (Å²) in [7, 11) is 0. The number of hydrogen-bond acceptors (Lipinski definition) is 6. The highest BCUT2D eigenvalue weighted by Crippen LogP contribution is 2.29. The largest absolute Gasteiger partial charge is 0.391 e. The molecule has 4 rings (SSSR count). The maximum absolute atomic E-state index is 10.4. The molecule has 0 radical (unpaired) electrons. The van der Waals surface area contributed by atoms with Crippen molar-refractivity contribution in [2.24, 2.45) is 5.92 Å². The number of aliphatic hydroxyl groups is 1. The summed E-state index contributed by atoms with van der Waals surface area (Å²) in [6.07, 6.45) is 6.51. The zero-order chi connectivity index (χ0) is 17.8. The number of benzene rings is 1. The van der Waals surface area contributed by atoms with E-state index in [1.807, 2.05) is 53.3 Å². The molecule has 134 valence electrons. The van der Waals surface area contributed by atoms with Crippen molar-refractivity contribution in [2.75, 3.05) is 10.6 Å². The van der Waals surface area contributed by atoms with Crippen LogP contribution < -0.4 is 10.6 Å². The fraction of sp³-hybridized carbons (Fsp3) is 0.316. The second-order valence-corrected chi connectivity index (χ2v) is 6.66. The molecule has 2 heterocycles. The van der Waals surface area contributed by atoms with Crippen molar-refractivity contribution in [3.05, 3.63) is 61.2 Å². The Kier molecular flexibility index (Phi) is 4.79. The lowest BCUT2D eigenvalue weighted by molar-refractivity contribution is 0.166. The van der Waals surface area contributed by atoms with Crippen LogP contribution in [0.2, 0.25) is 0 Å². The normalized spacial score (nSPS) is 22.3. The third-order valence-corrected chi connectivity index (χ3v) is 4.68. The predicted molar refractivity (Wildman–Crippen MR) is 100 cm³/mol. The van der Waals surface area contributed by atoms with Crippen molar-refractivity contribution in [2.45, 2.75) is 31.5 Å². The first-order valence-corrected chi connectivity index (χ1v) is 8.82. The molecular formula is C19H22N6O. The molecule has 3 aromatic rings. The monoisotopic (exact) mass is 350 g/mol. The molecule has 0 bridgehead atoms. The molecule has 0 saturated heterocycles. The van der Waals surface area contributed by atoms with E-state index < -0.39 is 6.10 Å². The Morgan fingerprint density at radius 3 is 2.73 bits per heavy atom. The lowest BCUT2D eigenvalue weighted by Gasteiger charge is -2.17. The smallest absolute Gasteiger partial charge is 0.135 e. The fourth-order valence-electron chi connectivity index (χ4n) is 3.46. The number of rotatable bonds is 6. The van der Waals surface area contributed by atoms with Crippen molar-refractivity contribution in [1.29, 1.82) is 0 Å². The fourth-order valence-corrected chi connectivity index (χ4v) is 3.46. The zero-order valence-electron chi connectivity index (χ0n) is 14.4. The summed E-state index contributed by atoms with van der Waals surface area (Å²) in [5, 5.41) is 21.3. The second kappa shape index (κ2) is 7.53. The molecule has 3 atom stereocenters. The Morgan fingerprint density at radius 2 is 1.92 bits per heavy atom. The predicted octanol–water partition coefficient (Wildman–Crippen LogP) is 2.67. The quantitative estimate of drug-likeness (QED) is 0.633. The van der Waals surface area contributed by atoms with E-state index >= 15 is 0 Å². The summed E-state index contributed by atoms with van der Waals surface area (Å²) in [5.74, 6) is 1.82. The summed E-state index contributed by atoms with van der Waals surface area (Å²) in [5.41, 5.74) is 0.970. The molecule has 7 heteroatoms. The maximum Gasteiger partial charge on any atom is 0.135 e. The van der Waals surface area contributed by atoms with Crippen LogP contribution in [0.15, 0.2) is 61.2 Å². The molecular weight excluding hydrogens is 328 g/mol. The van der Waals surface area contributed by atoms with Gasteiger partial charge in [-0.1, -0.05) is 18.2 Å². The topological polar surface area (TPSA) is 87.9 Å². The van der Waals surface area contributed by atoms with Crippen LogP contribution in [0.4, 0.5) is 17.3 Å². The van der Waals surface area contributed by atoms with Crippen LogP contribution in [0.25, 0.3) is 0 Å². The first-order valence-electron chi connectivity index (χ1n) is 8.82. The minimum absolute atomic E-state index is 0.0185. The molecule has 3 N–H and O–H groups in total. The van der Waals surface area contributed by atoms with E-state index in [2.05, 4.69) is 25.7 Å². The van der Waals surface area contributed by atoms with Gasteiger partial charge in [0.05, 0.1) is 12.1 Å². The van der Waals surface area contributed by atoms with Crippen LogP contribution in [0.3, 0.4) is 0 Å². The molecule has 26 heavy (non-hydrogen) atoms. The molecule has 1 aliphatic carbocycles. The van der Waals surface area contributed by atoms with Gasteiger partial charge in [-0.05, 0) is 37.0 Å². The number of hydrogen-bond donors (Lipinski definition) is 3. The van der Waals surface area contributed by atoms with E-state index in [4.69, 9.17) is 0 Å². The Hall–Kier alpha value is -2.93. The van der Waals surface area contributed by atoms with E-state index in [1.165, 1.54) is 6.33 Å². The van der Waals surface area contributed by atoms with E-state index in [9.17, 15) is 5.11 Å². The van der Waals surface area contributed by atoms with Crippen LogP contribution in [0, 0.1) is 5.92 Å². The third-order valence-electron chi connectivity index (χ3n) is 4.68.